The van der Waals surface area contributed by atoms with Crippen LogP contribution in [0, 0.1) is 5.82 Å². The molecule has 98 valence electrons. The van der Waals surface area contributed by atoms with Crippen molar-refractivity contribution in [3.8, 4) is 0 Å². The summed E-state index contributed by atoms with van der Waals surface area (Å²) in [5.74, 6) is -1.41. The third kappa shape index (κ3) is 4.03. The van der Waals surface area contributed by atoms with Gasteiger partial charge in [0.1, 0.15) is 5.82 Å². The summed E-state index contributed by atoms with van der Waals surface area (Å²) in [6, 6.07) is 3.84. The molecule has 3 N–H and O–H groups in total. The topological polar surface area (TPSA) is 72.2 Å². The first kappa shape index (κ1) is 14.5. The van der Waals surface area contributed by atoms with Crippen molar-refractivity contribution in [2.45, 2.75) is 30.7 Å². The van der Waals surface area contributed by atoms with Crippen LogP contribution in [0.1, 0.15) is 30.6 Å². The van der Waals surface area contributed by atoms with Gasteiger partial charge in [0.15, 0.2) is 0 Å². The fraction of sp³-hybridized carbons (Fsp3) is 0.333. The number of amides is 2. The highest BCUT2D eigenvalue weighted by Gasteiger charge is 2.23. The second-order valence-electron chi connectivity index (χ2n) is 4.65. The van der Waals surface area contributed by atoms with Gasteiger partial charge >= 0.3 is 0 Å². The van der Waals surface area contributed by atoms with Gasteiger partial charge in [0.25, 0.3) is 5.91 Å². The summed E-state index contributed by atoms with van der Waals surface area (Å²) >= 11 is 3.90. The normalized spacial score (nSPS) is 11.1. The van der Waals surface area contributed by atoms with E-state index in [1.165, 1.54) is 18.2 Å². The van der Waals surface area contributed by atoms with Gasteiger partial charge in [-0.15, -0.1) is 12.6 Å². The van der Waals surface area contributed by atoms with E-state index in [4.69, 9.17) is 5.73 Å². The molecule has 0 aliphatic carbocycles. The SMILES string of the molecule is CC(C)(CC(N)=O)NC(=O)c1ccc(F)c(S)c1. The van der Waals surface area contributed by atoms with Crippen LogP contribution in [-0.2, 0) is 4.79 Å². The summed E-state index contributed by atoms with van der Waals surface area (Å²) in [6.07, 6.45) is 0.0215. The zero-order chi connectivity index (χ0) is 13.9. The molecule has 0 spiro atoms. The highest BCUT2D eigenvalue weighted by molar-refractivity contribution is 7.80. The average Bonchev–Trinajstić information content (AvgIpc) is 2.19. The number of thiol groups is 1. The molecule has 0 aromatic heterocycles. The van der Waals surface area contributed by atoms with Crippen LogP contribution in [0.4, 0.5) is 4.39 Å². The van der Waals surface area contributed by atoms with Crippen LogP contribution in [0.5, 0.6) is 0 Å². The molecule has 0 bridgehead atoms. The molecule has 1 aromatic carbocycles. The quantitative estimate of drug-likeness (QED) is 0.725. The second-order valence-corrected chi connectivity index (χ2v) is 5.13. The summed E-state index contributed by atoms with van der Waals surface area (Å²) in [5, 5.41) is 2.65. The van der Waals surface area contributed by atoms with Gasteiger partial charge < -0.3 is 11.1 Å². The standard InChI is InChI=1S/C12H15FN2O2S/c1-12(2,6-10(14)16)15-11(17)7-3-4-8(13)9(18)5-7/h3-5,18H,6H2,1-2H3,(H2,14,16)(H,15,17). The fourth-order valence-corrected chi connectivity index (χ4v) is 1.73. The van der Waals surface area contributed by atoms with E-state index in [1.54, 1.807) is 13.8 Å². The number of nitrogens with one attached hydrogen (secondary N) is 1. The van der Waals surface area contributed by atoms with Gasteiger partial charge in [-0.1, -0.05) is 0 Å². The second kappa shape index (κ2) is 5.39. The molecule has 0 aliphatic heterocycles. The molecule has 0 saturated heterocycles. The van der Waals surface area contributed by atoms with E-state index in [0.717, 1.165) is 0 Å². The molecule has 0 radical (unpaired) electrons. The minimum Gasteiger partial charge on any atom is -0.370 e. The van der Waals surface area contributed by atoms with Crippen LogP contribution in [0.25, 0.3) is 0 Å². The van der Waals surface area contributed by atoms with Crippen LogP contribution in [-0.4, -0.2) is 17.4 Å². The largest absolute Gasteiger partial charge is 0.370 e. The molecule has 2 amide bonds. The number of carbonyl (C=O) groups is 2. The molecule has 0 saturated carbocycles. The van der Waals surface area contributed by atoms with Gasteiger partial charge in [0.2, 0.25) is 5.91 Å². The van der Waals surface area contributed by atoms with E-state index in [2.05, 4.69) is 17.9 Å². The maximum atomic E-state index is 13.0. The number of rotatable bonds is 4. The van der Waals surface area contributed by atoms with E-state index >= 15 is 0 Å². The number of halogens is 1. The summed E-state index contributed by atoms with van der Waals surface area (Å²) < 4.78 is 13.0. The van der Waals surface area contributed by atoms with E-state index in [-0.39, 0.29) is 16.9 Å². The van der Waals surface area contributed by atoms with Crippen molar-refractivity contribution in [3.05, 3.63) is 29.6 Å². The third-order valence-electron chi connectivity index (χ3n) is 2.28. The van der Waals surface area contributed by atoms with Crippen LogP contribution < -0.4 is 11.1 Å². The Morgan fingerprint density at radius 3 is 2.56 bits per heavy atom. The highest BCUT2D eigenvalue weighted by atomic mass is 32.1. The molecule has 4 nitrogen and oxygen atoms in total. The van der Waals surface area contributed by atoms with Crippen LogP contribution in [0.3, 0.4) is 0 Å². The van der Waals surface area contributed by atoms with Crippen LogP contribution in [0.15, 0.2) is 23.1 Å². The van der Waals surface area contributed by atoms with Gasteiger partial charge in [-0.3, -0.25) is 9.59 Å². The first-order valence-electron chi connectivity index (χ1n) is 5.30. The van der Waals surface area contributed by atoms with E-state index < -0.39 is 23.2 Å². The molecule has 18 heavy (non-hydrogen) atoms. The average molecular weight is 270 g/mol. The number of benzene rings is 1. The summed E-state index contributed by atoms with van der Waals surface area (Å²) in [7, 11) is 0. The number of nitrogens with two attached hydrogens (primary N) is 1. The summed E-state index contributed by atoms with van der Waals surface area (Å²) in [5.41, 5.74) is 4.61. The molecule has 0 fully saturated rings. The number of hydrogen-bond acceptors (Lipinski definition) is 3. The van der Waals surface area contributed by atoms with Gasteiger partial charge in [-0.2, -0.15) is 0 Å². The predicted octanol–water partition coefficient (Wildman–Crippen LogP) is 1.50. The molecule has 1 aromatic rings. The maximum Gasteiger partial charge on any atom is 0.251 e. The maximum absolute atomic E-state index is 13.0. The van der Waals surface area contributed by atoms with Crippen molar-refractivity contribution in [2.24, 2.45) is 5.73 Å². The molecule has 0 atom stereocenters. The van der Waals surface area contributed by atoms with Crippen molar-refractivity contribution in [1.82, 2.24) is 5.32 Å². The summed E-state index contributed by atoms with van der Waals surface area (Å²) in [6.45, 7) is 3.36. The highest BCUT2D eigenvalue weighted by Crippen LogP contribution is 2.15. The molecule has 0 heterocycles. The smallest absolute Gasteiger partial charge is 0.251 e. The Hall–Kier alpha value is -1.56. The number of primary amides is 1. The Morgan fingerprint density at radius 2 is 2.06 bits per heavy atom. The molecule has 1 rings (SSSR count). The third-order valence-corrected chi connectivity index (χ3v) is 2.62. The minimum atomic E-state index is -0.756. The lowest BCUT2D eigenvalue weighted by Gasteiger charge is -2.24. The van der Waals surface area contributed by atoms with Crippen molar-refractivity contribution in [1.29, 1.82) is 0 Å². The lowest BCUT2D eigenvalue weighted by molar-refractivity contribution is -0.119. The zero-order valence-electron chi connectivity index (χ0n) is 10.2. The zero-order valence-corrected chi connectivity index (χ0v) is 11.1. The minimum absolute atomic E-state index is 0.0215. The number of hydrogen-bond donors (Lipinski definition) is 3. The first-order chi connectivity index (χ1) is 8.21. The Labute approximate surface area is 110 Å². The Kier molecular flexibility index (Phi) is 4.34. The monoisotopic (exact) mass is 270 g/mol. The van der Waals surface area contributed by atoms with E-state index in [0.29, 0.717) is 0 Å². The van der Waals surface area contributed by atoms with Crippen LogP contribution >= 0.6 is 12.6 Å². The van der Waals surface area contributed by atoms with E-state index in [1.807, 2.05) is 0 Å². The molecular formula is C12H15FN2O2S. The lowest BCUT2D eigenvalue weighted by Crippen LogP contribution is -2.46. The molecular weight excluding hydrogens is 255 g/mol. The van der Waals surface area contributed by atoms with E-state index in [9.17, 15) is 14.0 Å². The summed E-state index contributed by atoms with van der Waals surface area (Å²) in [4.78, 5) is 22.8. The molecule has 0 unspecified atom stereocenters. The molecule has 0 aliphatic rings. The van der Waals surface area contributed by atoms with Crippen molar-refractivity contribution in [3.63, 3.8) is 0 Å². The molecule has 6 heteroatoms. The fourth-order valence-electron chi connectivity index (χ4n) is 1.51. The first-order valence-corrected chi connectivity index (χ1v) is 5.75. The Balaban J connectivity index is 2.82. The van der Waals surface area contributed by atoms with Gasteiger partial charge in [0.05, 0.1) is 0 Å². The number of carbonyl (C=O) groups excluding carboxylic acids is 2. The van der Waals surface area contributed by atoms with Crippen LogP contribution in [0.2, 0.25) is 0 Å². The Bertz CT molecular complexity index is 489. The van der Waals surface area contributed by atoms with Gasteiger partial charge in [0, 0.05) is 22.4 Å². The Morgan fingerprint density at radius 1 is 1.44 bits per heavy atom. The lowest BCUT2D eigenvalue weighted by atomic mass is 9.99. The van der Waals surface area contributed by atoms with Crippen molar-refractivity contribution >= 4 is 24.4 Å². The van der Waals surface area contributed by atoms with Gasteiger partial charge in [-0.05, 0) is 32.0 Å². The van der Waals surface area contributed by atoms with Gasteiger partial charge in [-0.25, -0.2) is 4.39 Å². The predicted molar refractivity (Wildman–Crippen MR) is 69.0 cm³/mol. The van der Waals surface area contributed by atoms with Crippen molar-refractivity contribution in [2.75, 3.05) is 0 Å². The van der Waals surface area contributed by atoms with Crippen molar-refractivity contribution < 1.29 is 14.0 Å².